The summed E-state index contributed by atoms with van der Waals surface area (Å²) in [4.78, 5) is 50.4. The second-order valence-corrected chi connectivity index (χ2v) is 6.83. The average molecular weight is 412 g/mol. The molecule has 1 atom stereocenters. The monoisotopic (exact) mass is 411 g/mol. The topological polar surface area (TPSA) is 105 Å². The number of likely N-dealkylation sites (N-methyl/N-ethyl adjacent to an activating group) is 1. The Hall–Kier alpha value is -2.81. The summed E-state index contributed by atoms with van der Waals surface area (Å²) in [7, 11) is 4.59. The number of esters is 1. The van der Waals surface area contributed by atoms with Gasteiger partial charge in [0.25, 0.3) is 5.91 Å². The van der Waals surface area contributed by atoms with Crippen molar-refractivity contribution in [3.8, 4) is 5.75 Å². The molecule has 1 aliphatic heterocycles. The molecule has 1 saturated heterocycles. The summed E-state index contributed by atoms with van der Waals surface area (Å²) < 4.78 is 10.2. The molecule has 1 aromatic carbocycles. The molecule has 1 aliphatic rings. The number of anilines is 1. The summed E-state index contributed by atoms with van der Waals surface area (Å²) in [5, 5.41) is 2.79. The number of nitrogens with zero attached hydrogens (tertiary/aromatic N) is 2. The maximum atomic E-state index is 12.3. The fourth-order valence-electron chi connectivity index (χ4n) is 2.61. The van der Waals surface area contributed by atoms with Gasteiger partial charge in [0.1, 0.15) is 5.75 Å². The molecule has 0 unspecified atom stereocenters. The van der Waals surface area contributed by atoms with Gasteiger partial charge in [0.15, 0.2) is 6.61 Å². The zero-order chi connectivity index (χ0) is 20.8. The highest BCUT2D eigenvalue weighted by Crippen LogP contribution is 2.35. The first-order valence-corrected chi connectivity index (χ1v) is 8.88. The Morgan fingerprint density at radius 2 is 2.04 bits per heavy atom. The number of carbonyl (C=O) groups is 4. The van der Waals surface area contributed by atoms with Crippen molar-refractivity contribution in [2.45, 2.75) is 6.42 Å². The Balaban J connectivity index is 1.91. The van der Waals surface area contributed by atoms with Crippen LogP contribution in [-0.2, 0) is 23.9 Å². The Morgan fingerprint density at radius 1 is 1.32 bits per heavy atom. The number of ether oxygens (including phenoxy) is 2. The summed E-state index contributed by atoms with van der Waals surface area (Å²) in [5.41, 5.74) is 0.468. The molecule has 10 heteroatoms. The molecule has 2 rings (SSSR count). The Bertz CT molecular complexity index is 783. The van der Waals surface area contributed by atoms with Crippen LogP contribution < -0.4 is 15.0 Å². The van der Waals surface area contributed by atoms with Crippen LogP contribution in [0.5, 0.6) is 5.75 Å². The molecule has 0 spiro atoms. The first kappa shape index (κ1) is 21.5. The van der Waals surface area contributed by atoms with Crippen molar-refractivity contribution in [1.82, 2.24) is 10.2 Å². The number of benzene rings is 1. The van der Waals surface area contributed by atoms with Crippen molar-refractivity contribution in [2.75, 3.05) is 45.8 Å². The van der Waals surface area contributed by atoms with Crippen LogP contribution in [0.4, 0.5) is 5.69 Å². The minimum atomic E-state index is -0.715. The van der Waals surface area contributed by atoms with Crippen molar-refractivity contribution in [2.24, 2.45) is 5.92 Å². The lowest BCUT2D eigenvalue weighted by molar-refractivity contribution is -0.152. The van der Waals surface area contributed by atoms with E-state index in [1.807, 2.05) is 0 Å². The van der Waals surface area contributed by atoms with E-state index >= 15 is 0 Å². The molecule has 28 heavy (non-hydrogen) atoms. The van der Waals surface area contributed by atoms with Gasteiger partial charge in [-0.15, -0.1) is 0 Å². The van der Waals surface area contributed by atoms with Crippen molar-refractivity contribution in [1.29, 1.82) is 0 Å². The first-order valence-electron chi connectivity index (χ1n) is 8.50. The average Bonchev–Trinajstić information content (AvgIpc) is 3.05. The lowest BCUT2D eigenvalue weighted by Gasteiger charge is -2.19. The third kappa shape index (κ3) is 5.35. The number of halogens is 1. The predicted molar refractivity (Wildman–Crippen MR) is 101 cm³/mol. The summed E-state index contributed by atoms with van der Waals surface area (Å²) in [6.07, 6.45) is -0.0464. The van der Waals surface area contributed by atoms with Crippen LogP contribution in [0.2, 0.25) is 5.02 Å². The first-order chi connectivity index (χ1) is 13.2. The summed E-state index contributed by atoms with van der Waals surface area (Å²) in [6.45, 7) is -0.618. The van der Waals surface area contributed by atoms with Gasteiger partial charge < -0.3 is 24.6 Å². The number of amides is 3. The van der Waals surface area contributed by atoms with Crippen molar-refractivity contribution >= 4 is 41.0 Å². The standard InChI is InChI=1S/C18H22ClN3O6/c1-21(2)17(25)8-20-15(23)10-28-18(26)11-6-16(24)22(9-11)13-7-12(19)4-5-14(13)27-3/h4-5,7,11H,6,8-10H2,1-3H3,(H,20,23)/t11-/m1/s1. The van der Waals surface area contributed by atoms with E-state index < -0.39 is 24.4 Å². The smallest absolute Gasteiger partial charge is 0.311 e. The molecule has 1 heterocycles. The van der Waals surface area contributed by atoms with E-state index in [2.05, 4.69) is 5.32 Å². The second-order valence-electron chi connectivity index (χ2n) is 6.39. The molecule has 3 amide bonds. The lowest BCUT2D eigenvalue weighted by atomic mass is 10.1. The Morgan fingerprint density at radius 3 is 2.68 bits per heavy atom. The highest BCUT2D eigenvalue weighted by Gasteiger charge is 2.37. The van der Waals surface area contributed by atoms with Gasteiger partial charge in [-0.25, -0.2) is 0 Å². The molecule has 1 fully saturated rings. The number of rotatable bonds is 7. The fourth-order valence-corrected chi connectivity index (χ4v) is 2.78. The van der Waals surface area contributed by atoms with E-state index in [0.717, 1.165) is 0 Å². The number of hydrogen-bond acceptors (Lipinski definition) is 6. The minimum absolute atomic E-state index is 0.0464. The van der Waals surface area contributed by atoms with Crippen LogP contribution >= 0.6 is 11.6 Å². The normalized spacial score (nSPS) is 15.9. The summed E-state index contributed by atoms with van der Waals surface area (Å²) in [6, 6.07) is 4.85. The van der Waals surface area contributed by atoms with E-state index in [-0.39, 0.29) is 31.3 Å². The summed E-state index contributed by atoms with van der Waals surface area (Å²) >= 11 is 6.00. The van der Waals surface area contributed by atoms with Gasteiger partial charge >= 0.3 is 5.97 Å². The molecule has 0 bridgehead atoms. The number of methoxy groups -OCH3 is 1. The van der Waals surface area contributed by atoms with Gasteiger partial charge in [-0.1, -0.05) is 11.6 Å². The molecular formula is C18H22ClN3O6. The van der Waals surface area contributed by atoms with Crippen molar-refractivity contribution < 1.29 is 28.7 Å². The molecule has 0 saturated carbocycles. The summed E-state index contributed by atoms with van der Waals surface area (Å²) in [5.74, 6) is -2.08. The molecule has 0 aliphatic carbocycles. The Labute approximate surface area is 167 Å². The Kier molecular flexibility index (Phi) is 7.22. The van der Waals surface area contributed by atoms with Gasteiger partial charge in [-0.3, -0.25) is 19.2 Å². The maximum Gasteiger partial charge on any atom is 0.311 e. The second kappa shape index (κ2) is 9.41. The molecule has 152 valence electrons. The fraction of sp³-hybridized carbons (Fsp3) is 0.444. The van der Waals surface area contributed by atoms with Gasteiger partial charge in [-0.05, 0) is 18.2 Å². The lowest BCUT2D eigenvalue weighted by Crippen LogP contribution is -2.38. The van der Waals surface area contributed by atoms with Crippen LogP contribution in [0.3, 0.4) is 0 Å². The van der Waals surface area contributed by atoms with E-state index in [0.29, 0.717) is 16.5 Å². The molecule has 1 aromatic rings. The van der Waals surface area contributed by atoms with Crippen molar-refractivity contribution in [3.63, 3.8) is 0 Å². The highest BCUT2D eigenvalue weighted by molar-refractivity contribution is 6.31. The van der Waals surface area contributed by atoms with Gasteiger partial charge in [0.05, 0.1) is 25.3 Å². The van der Waals surface area contributed by atoms with Gasteiger partial charge in [0.2, 0.25) is 11.8 Å². The number of carbonyl (C=O) groups excluding carboxylic acids is 4. The van der Waals surface area contributed by atoms with E-state index in [1.165, 1.54) is 16.9 Å². The van der Waals surface area contributed by atoms with E-state index in [9.17, 15) is 19.2 Å². The highest BCUT2D eigenvalue weighted by atomic mass is 35.5. The van der Waals surface area contributed by atoms with E-state index in [4.69, 9.17) is 21.1 Å². The van der Waals surface area contributed by atoms with E-state index in [1.54, 1.807) is 32.3 Å². The molecule has 9 nitrogen and oxygen atoms in total. The number of nitrogens with one attached hydrogen (secondary N) is 1. The molecular weight excluding hydrogens is 390 g/mol. The van der Waals surface area contributed by atoms with Crippen LogP contribution in [0.1, 0.15) is 6.42 Å². The largest absolute Gasteiger partial charge is 0.495 e. The van der Waals surface area contributed by atoms with Crippen LogP contribution in [0.15, 0.2) is 18.2 Å². The van der Waals surface area contributed by atoms with Crippen LogP contribution in [0, 0.1) is 5.92 Å². The quantitative estimate of drug-likeness (QED) is 0.653. The van der Waals surface area contributed by atoms with Gasteiger partial charge in [-0.2, -0.15) is 0 Å². The zero-order valence-electron chi connectivity index (χ0n) is 15.9. The van der Waals surface area contributed by atoms with Crippen molar-refractivity contribution in [3.05, 3.63) is 23.2 Å². The molecule has 0 aromatic heterocycles. The van der Waals surface area contributed by atoms with Crippen LogP contribution in [0.25, 0.3) is 0 Å². The van der Waals surface area contributed by atoms with Gasteiger partial charge in [0, 0.05) is 32.1 Å². The molecule has 1 N–H and O–H groups in total. The number of hydrogen-bond donors (Lipinski definition) is 1. The van der Waals surface area contributed by atoms with Crippen LogP contribution in [-0.4, -0.2) is 69.5 Å². The third-order valence-electron chi connectivity index (χ3n) is 4.17. The predicted octanol–water partition coefficient (Wildman–Crippen LogP) is 0.449. The SMILES string of the molecule is COc1ccc(Cl)cc1N1C[C@H](C(=O)OCC(=O)NCC(=O)N(C)C)CC1=O. The molecule has 0 radical (unpaired) electrons. The maximum absolute atomic E-state index is 12.3. The minimum Gasteiger partial charge on any atom is -0.495 e. The zero-order valence-corrected chi connectivity index (χ0v) is 16.6. The third-order valence-corrected chi connectivity index (χ3v) is 4.41.